The van der Waals surface area contributed by atoms with Crippen LogP contribution in [0.25, 0.3) is 0 Å². The summed E-state index contributed by atoms with van der Waals surface area (Å²) in [7, 11) is 0. The molecule has 2 fully saturated rings. The third-order valence-corrected chi connectivity index (χ3v) is 3.49. The summed E-state index contributed by atoms with van der Waals surface area (Å²) in [6.45, 7) is 7.84. The summed E-state index contributed by atoms with van der Waals surface area (Å²) in [5, 5.41) is 3.57. The fourth-order valence-electron chi connectivity index (χ4n) is 2.32. The third-order valence-electron chi connectivity index (χ3n) is 3.49. The number of nitrogens with zero attached hydrogens (tertiary/aromatic N) is 1. The fraction of sp³-hybridized carbons (Fsp3) is 1.00. The van der Waals surface area contributed by atoms with E-state index in [0.717, 1.165) is 25.7 Å². The molecule has 3 heteroatoms. The number of morpholine rings is 1. The van der Waals surface area contributed by atoms with Gasteiger partial charge in [0, 0.05) is 19.1 Å². The van der Waals surface area contributed by atoms with E-state index in [-0.39, 0.29) is 0 Å². The highest BCUT2D eigenvalue weighted by atomic mass is 16.5. The highest BCUT2D eigenvalue weighted by Gasteiger charge is 2.19. The molecule has 2 rings (SSSR count). The zero-order valence-electron chi connectivity index (χ0n) is 10.6. The maximum absolute atomic E-state index is 5.53. The summed E-state index contributed by atoms with van der Waals surface area (Å²) < 4.78 is 5.53. The highest BCUT2D eigenvalue weighted by molar-refractivity contribution is 4.80. The van der Waals surface area contributed by atoms with Gasteiger partial charge in [-0.2, -0.15) is 0 Å². The van der Waals surface area contributed by atoms with Crippen LogP contribution >= 0.6 is 0 Å². The third kappa shape index (κ3) is 4.81. The molecule has 1 N–H and O–H groups in total. The Labute approximate surface area is 99.5 Å². The quantitative estimate of drug-likeness (QED) is 0.668. The smallest absolute Gasteiger partial charge is 0.0674 e. The van der Waals surface area contributed by atoms with Gasteiger partial charge >= 0.3 is 0 Å². The first kappa shape index (κ1) is 12.3. The maximum Gasteiger partial charge on any atom is 0.0674 e. The van der Waals surface area contributed by atoms with Crippen LogP contribution in [0.2, 0.25) is 0 Å². The number of unbranched alkanes of at least 4 members (excludes halogenated alkanes) is 2. The first-order chi connectivity index (χ1) is 7.84. The second-order valence-electron chi connectivity index (χ2n) is 5.27. The van der Waals surface area contributed by atoms with Crippen LogP contribution in [-0.2, 0) is 4.74 Å². The minimum atomic E-state index is 0.435. The van der Waals surface area contributed by atoms with Crippen molar-refractivity contribution in [3.8, 4) is 0 Å². The second-order valence-corrected chi connectivity index (χ2v) is 5.27. The molecule has 3 nitrogen and oxygen atoms in total. The minimum absolute atomic E-state index is 0.435. The SMILES string of the molecule is CC1CN(CCCCCNC2CC2)CCO1. The van der Waals surface area contributed by atoms with Crippen LogP contribution in [0.3, 0.4) is 0 Å². The Bertz CT molecular complexity index is 194. The van der Waals surface area contributed by atoms with Crippen molar-refractivity contribution in [1.29, 1.82) is 0 Å². The van der Waals surface area contributed by atoms with E-state index < -0.39 is 0 Å². The zero-order valence-corrected chi connectivity index (χ0v) is 10.6. The molecule has 0 aromatic rings. The molecule has 1 aliphatic heterocycles. The first-order valence-electron chi connectivity index (χ1n) is 6.92. The molecule has 16 heavy (non-hydrogen) atoms. The maximum atomic E-state index is 5.53. The van der Waals surface area contributed by atoms with Gasteiger partial charge in [0.25, 0.3) is 0 Å². The summed E-state index contributed by atoms with van der Waals surface area (Å²) >= 11 is 0. The monoisotopic (exact) mass is 226 g/mol. The number of rotatable bonds is 7. The van der Waals surface area contributed by atoms with Gasteiger partial charge in [0.2, 0.25) is 0 Å². The molecular formula is C13H26N2O. The van der Waals surface area contributed by atoms with Gasteiger partial charge in [-0.25, -0.2) is 0 Å². The molecule has 1 unspecified atom stereocenters. The van der Waals surface area contributed by atoms with Crippen LogP contribution < -0.4 is 5.32 Å². The van der Waals surface area contributed by atoms with E-state index in [1.165, 1.54) is 45.2 Å². The Morgan fingerprint density at radius 1 is 1.25 bits per heavy atom. The van der Waals surface area contributed by atoms with Gasteiger partial charge in [0.15, 0.2) is 0 Å². The highest BCUT2D eigenvalue weighted by Crippen LogP contribution is 2.18. The summed E-state index contributed by atoms with van der Waals surface area (Å²) in [5.74, 6) is 0. The van der Waals surface area contributed by atoms with Gasteiger partial charge in [0.1, 0.15) is 0 Å². The Morgan fingerprint density at radius 2 is 2.12 bits per heavy atom. The van der Waals surface area contributed by atoms with Crippen molar-refractivity contribution in [3.63, 3.8) is 0 Å². The van der Waals surface area contributed by atoms with Crippen molar-refractivity contribution in [2.75, 3.05) is 32.8 Å². The van der Waals surface area contributed by atoms with Crippen LogP contribution in [0.15, 0.2) is 0 Å². The molecule has 94 valence electrons. The van der Waals surface area contributed by atoms with Crippen LogP contribution in [0.4, 0.5) is 0 Å². The number of hydrogen-bond acceptors (Lipinski definition) is 3. The van der Waals surface area contributed by atoms with Crippen molar-refractivity contribution in [2.45, 2.75) is 51.2 Å². The molecule has 0 spiro atoms. The largest absolute Gasteiger partial charge is 0.376 e. The fourth-order valence-corrected chi connectivity index (χ4v) is 2.32. The molecule has 1 saturated heterocycles. The van der Waals surface area contributed by atoms with Crippen molar-refractivity contribution in [1.82, 2.24) is 10.2 Å². The lowest BCUT2D eigenvalue weighted by Crippen LogP contribution is -2.41. The molecule has 1 saturated carbocycles. The molecule has 0 radical (unpaired) electrons. The second kappa shape index (κ2) is 6.58. The number of ether oxygens (including phenoxy) is 1. The molecule has 0 aromatic heterocycles. The average Bonchev–Trinajstić information content (AvgIpc) is 3.07. The summed E-state index contributed by atoms with van der Waals surface area (Å²) in [6.07, 6.45) is 7.31. The van der Waals surface area contributed by atoms with E-state index >= 15 is 0 Å². The molecular weight excluding hydrogens is 200 g/mol. The Hall–Kier alpha value is -0.120. The standard InChI is InChI=1S/C13H26N2O/c1-12-11-15(9-10-16-12)8-4-2-3-7-14-13-5-6-13/h12-14H,2-11H2,1H3. The van der Waals surface area contributed by atoms with Crippen LogP contribution in [-0.4, -0.2) is 49.8 Å². The van der Waals surface area contributed by atoms with Gasteiger partial charge in [-0.3, -0.25) is 4.90 Å². The molecule has 2 aliphatic rings. The lowest BCUT2D eigenvalue weighted by atomic mass is 10.2. The van der Waals surface area contributed by atoms with Crippen molar-refractivity contribution in [2.24, 2.45) is 0 Å². The van der Waals surface area contributed by atoms with E-state index in [1.54, 1.807) is 0 Å². The molecule has 0 amide bonds. The number of hydrogen-bond donors (Lipinski definition) is 1. The van der Waals surface area contributed by atoms with E-state index in [0.29, 0.717) is 6.10 Å². The lowest BCUT2D eigenvalue weighted by molar-refractivity contribution is -0.0186. The van der Waals surface area contributed by atoms with Gasteiger partial charge in [0.05, 0.1) is 12.7 Å². The van der Waals surface area contributed by atoms with Crippen molar-refractivity contribution < 1.29 is 4.74 Å². The normalized spacial score (nSPS) is 27.2. The first-order valence-corrected chi connectivity index (χ1v) is 6.92. The lowest BCUT2D eigenvalue weighted by Gasteiger charge is -2.30. The van der Waals surface area contributed by atoms with Crippen molar-refractivity contribution >= 4 is 0 Å². The predicted octanol–water partition coefficient (Wildman–Crippen LogP) is 1.63. The summed E-state index contributed by atoms with van der Waals surface area (Å²) in [5.41, 5.74) is 0. The van der Waals surface area contributed by atoms with Gasteiger partial charge in [-0.15, -0.1) is 0 Å². The number of nitrogens with one attached hydrogen (secondary N) is 1. The van der Waals surface area contributed by atoms with Crippen LogP contribution in [0, 0.1) is 0 Å². The molecule has 0 aromatic carbocycles. The molecule has 1 heterocycles. The molecule has 0 bridgehead atoms. The predicted molar refractivity (Wildman–Crippen MR) is 66.7 cm³/mol. The molecule has 1 atom stereocenters. The Morgan fingerprint density at radius 3 is 2.88 bits per heavy atom. The topological polar surface area (TPSA) is 24.5 Å². The van der Waals surface area contributed by atoms with Crippen molar-refractivity contribution in [3.05, 3.63) is 0 Å². The van der Waals surface area contributed by atoms with Crippen LogP contribution in [0.5, 0.6) is 0 Å². The van der Waals surface area contributed by atoms with Crippen LogP contribution in [0.1, 0.15) is 39.0 Å². The summed E-state index contributed by atoms with van der Waals surface area (Å²) in [4.78, 5) is 2.54. The van der Waals surface area contributed by atoms with E-state index in [1.807, 2.05) is 0 Å². The van der Waals surface area contributed by atoms with Gasteiger partial charge < -0.3 is 10.1 Å². The van der Waals surface area contributed by atoms with Gasteiger partial charge in [-0.1, -0.05) is 6.42 Å². The summed E-state index contributed by atoms with van der Waals surface area (Å²) in [6, 6.07) is 0.875. The Kier molecular flexibility index (Phi) is 5.07. The van der Waals surface area contributed by atoms with E-state index in [2.05, 4.69) is 17.1 Å². The van der Waals surface area contributed by atoms with E-state index in [4.69, 9.17) is 4.74 Å². The average molecular weight is 226 g/mol. The molecule has 1 aliphatic carbocycles. The van der Waals surface area contributed by atoms with E-state index in [9.17, 15) is 0 Å². The zero-order chi connectivity index (χ0) is 11.2. The van der Waals surface area contributed by atoms with Gasteiger partial charge in [-0.05, 0) is 45.7 Å². The minimum Gasteiger partial charge on any atom is -0.376 e. The Balaban J connectivity index is 1.41.